The monoisotopic (exact) mass is 447 g/mol. The van der Waals surface area contributed by atoms with Gasteiger partial charge in [-0.25, -0.2) is 0 Å². The van der Waals surface area contributed by atoms with Crippen LogP contribution < -0.4 is 9.47 Å². The van der Waals surface area contributed by atoms with E-state index in [-0.39, 0.29) is 24.0 Å². The quantitative estimate of drug-likeness (QED) is 0.321. The Balaban J connectivity index is 1.79. The second-order valence-electron chi connectivity index (χ2n) is 7.97. The molecule has 1 N–H and O–H groups in total. The van der Waals surface area contributed by atoms with Crippen molar-refractivity contribution in [1.82, 2.24) is 4.90 Å². The van der Waals surface area contributed by atoms with Crippen LogP contribution in [0.25, 0.3) is 5.76 Å². The van der Waals surface area contributed by atoms with Crippen LogP contribution >= 0.6 is 0 Å². The molecular weight excluding hydrogens is 422 g/mol. The van der Waals surface area contributed by atoms with Crippen LogP contribution in [-0.2, 0) is 16.1 Å². The summed E-state index contributed by atoms with van der Waals surface area (Å²) in [4.78, 5) is 27.5. The van der Waals surface area contributed by atoms with Gasteiger partial charge in [-0.2, -0.15) is 0 Å². The Morgan fingerprint density at radius 3 is 2.27 bits per heavy atom. The highest BCUT2D eigenvalue weighted by Gasteiger charge is 2.46. The van der Waals surface area contributed by atoms with Crippen LogP contribution in [0.4, 0.5) is 0 Å². The standard InChI is InChI=1S/C26H25NO6/c1-16(2)33-20-12-8-18(9-13-20)24(28)22-23(17-6-10-19(31-3)11-7-17)27(26(30)25(22)29)15-21-5-4-14-32-21/h4-14,16,23,28H,15H2,1-3H3/b24-22-. The highest BCUT2D eigenvalue weighted by atomic mass is 16.5. The molecule has 1 aliphatic rings. The van der Waals surface area contributed by atoms with E-state index >= 15 is 0 Å². The molecule has 170 valence electrons. The van der Waals surface area contributed by atoms with E-state index in [0.29, 0.717) is 28.4 Å². The Hall–Kier alpha value is -4.00. The molecule has 2 heterocycles. The number of ketones is 1. The van der Waals surface area contributed by atoms with E-state index in [4.69, 9.17) is 13.9 Å². The SMILES string of the molecule is COc1ccc(C2/C(=C(/O)c3ccc(OC(C)C)cc3)C(=O)C(=O)N2Cc2ccco2)cc1. The fourth-order valence-corrected chi connectivity index (χ4v) is 3.87. The third-order valence-corrected chi connectivity index (χ3v) is 5.38. The fraction of sp³-hybridized carbons (Fsp3) is 0.231. The number of aliphatic hydroxyl groups is 1. The van der Waals surface area contributed by atoms with Crippen molar-refractivity contribution in [2.45, 2.75) is 32.5 Å². The number of benzene rings is 2. The highest BCUT2D eigenvalue weighted by molar-refractivity contribution is 6.46. The van der Waals surface area contributed by atoms with Crippen molar-refractivity contribution in [2.24, 2.45) is 0 Å². The first-order chi connectivity index (χ1) is 15.9. The maximum atomic E-state index is 13.1. The molecule has 0 bridgehead atoms. The maximum absolute atomic E-state index is 13.1. The number of aliphatic hydroxyl groups excluding tert-OH is 1. The number of furan rings is 1. The molecule has 1 unspecified atom stereocenters. The minimum atomic E-state index is -0.785. The number of likely N-dealkylation sites (tertiary alicyclic amines) is 1. The van der Waals surface area contributed by atoms with E-state index in [1.54, 1.807) is 67.8 Å². The van der Waals surface area contributed by atoms with Gasteiger partial charge < -0.3 is 23.9 Å². The van der Waals surface area contributed by atoms with Crippen molar-refractivity contribution in [3.63, 3.8) is 0 Å². The Labute approximate surface area is 191 Å². The maximum Gasteiger partial charge on any atom is 0.296 e. The average molecular weight is 447 g/mol. The van der Waals surface area contributed by atoms with E-state index < -0.39 is 17.7 Å². The Morgan fingerprint density at radius 2 is 1.70 bits per heavy atom. The van der Waals surface area contributed by atoms with E-state index in [0.717, 1.165) is 0 Å². The summed E-state index contributed by atoms with van der Waals surface area (Å²) in [6, 6.07) is 16.5. The first kappa shape index (κ1) is 22.2. The van der Waals surface area contributed by atoms with Gasteiger partial charge in [-0.15, -0.1) is 0 Å². The summed E-state index contributed by atoms with van der Waals surface area (Å²) in [6.07, 6.45) is 1.51. The molecule has 0 spiro atoms. The first-order valence-corrected chi connectivity index (χ1v) is 10.6. The van der Waals surface area contributed by atoms with Crippen LogP contribution in [0.2, 0.25) is 0 Å². The summed E-state index contributed by atoms with van der Waals surface area (Å²) < 4.78 is 16.3. The van der Waals surface area contributed by atoms with Crippen LogP contribution in [0.3, 0.4) is 0 Å². The van der Waals surface area contributed by atoms with E-state index in [2.05, 4.69) is 0 Å². The van der Waals surface area contributed by atoms with Gasteiger partial charge in [0, 0.05) is 5.56 Å². The lowest BCUT2D eigenvalue weighted by molar-refractivity contribution is -0.140. The lowest BCUT2D eigenvalue weighted by atomic mass is 9.95. The molecule has 1 saturated heterocycles. The highest BCUT2D eigenvalue weighted by Crippen LogP contribution is 2.40. The molecule has 7 nitrogen and oxygen atoms in total. The van der Waals surface area contributed by atoms with Crippen LogP contribution in [0, 0.1) is 0 Å². The van der Waals surface area contributed by atoms with Crippen molar-refractivity contribution in [3.05, 3.63) is 89.4 Å². The summed E-state index contributed by atoms with van der Waals surface area (Å²) >= 11 is 0. The van der Waals surface area contributed by atoms with Crippen molar-refractivity contribution >= 4 is 17.4 Å². The number of carbonyl (C=O) groups is 2. The van der Waals surface area contributed by atoms with Gasteiger partial charge in [0.15, 0.2) is 0 Å². The molecule has 1 aliphatic heterocycles. The topological polar surface area (TPSA) is 89.2 Å². The molecule has 7 heteroatoms. The van der Waals surface area contributed by atoms with Gasteiger partial charge in [0.1, 0.15) is 23.0 Å². The lowest BCUT2D eigenvalue weighted by Gasteiger charge is -2.24. The third kappa shape index (κ3) is 4.48. The predicted octanol–water partition coefficient (Wildman–Crippen LogP) is 4.70. The van der Waals surface area contributed by atoms with E-state index in [9.17, 15) is 14.7 Å². The van der Waals surface area contributed by atoms with Crippen LogP contribution in [0.1, 0.15) is 36.8 Å². The van der Waals surface area contributed by atoms with Gasteiger partial charge in [0.2, 0.25) is 0 Å². The van der Waals surface area contributed by atoms with Crippen molar-refractivity contribution in [2.75, 3.05) is 7.11 Å². The van der Waals surface area contributed by atoms with Crippen molar-refractivity contribution in [3.8, 4) is 11.5 Å². The van der Waals surface area contributed by atoms with E-state index in [1.807, 2.05) is 13.8 Å². The minimum absolute atomic E-state index is 0.00597. The molecule has 33 heavy (non-hydrogen) atoms. The molecule has 4 rings (SSSR count). The zero-order chi connectivity index (χ0) is 23.5. The summed E-state index contributed by atoms with van der Waals surface area (Å²) in [5.41, 5.74) is 1.11. The zero-order valence-electron chi connectivity index (χ0n) is 18.6. The number of methoxy groups -OCH3 is 1. The first-order valence-electron chi connectivity index (χ1n) is 10.6. The number of nitrogens with zero attached hydrogens (tertiary/aromatic N) is 1. The molecule has 1 fully saturated rings. The summed E-state index contributed by atoms with van der Waals surface area (Å²) in [5, 5.41) is 11.1. The van der Waals surface area contributed by atoms with Gasteiger partial charge in [0.05, 0.1) is 37.6 Å². The van der Waals surface area contributed by atoms with Gasteiger partial charge in [-0.3, -0.25) is 9.59 Å². The fourth-order valence-electron chi connectivity index (χ4n) is 3.87. The molecule has 0 aliphatic carbocycles. The average Bonchev–Trinajstić information content (AvgIpc) is 3.41. The molecule has 3 aromatic rings. The Bertz CT molecular complexity index is 1160. The third-order valence-electron chi connectivity index (χ3n) is 5.38. The molecule has 1 amide bonds. The molecule has 0 radical (unpaired) electrons. The number of Topliss-reactive ketones (excluding diaryl/α,β-unsaturated/α-hetero) is 1. The number of carbonyl (C=O) groups excluding carboxylic acids is 2. The number of hydrogen-bond donors (Lipinski definition) is 1. The largest absolute Gasteiger partial charge is 0.507 e. The Morgan fingerprint density at radius 1 is 1.03 bits per heavy atom. The predicted molar refractivity (Wildman–Crippen MR) is 122 cm³/mol. The smallest absolute Gasteiger partial charge is 0.296 e. The Kier molecular flexibility index (Phi) is 6.22. The molecule has 1 aromatic heterocycles. The summed E-state index contributed by atoms with van der Waals surface area (Å²) in [5.74, 6) is 0.128. The normalized spacial score (nSPS) is 17.6. The van der Waals surface area contributed by atoms with Crippen molar-refractivity contribution in [1.29, 1.82) is 0 Å². The number of hydrogen-bond acceptors (Lipinski definition) is 6. The summed E-state index contributed by atoms with van der Waals surface area (Å²) in [6.45, 7) is 3.93. The molecule has 0 saturated carbocycles. The van der Waals surface area contributed by atoms with Gasteiger partial charge in [-0.1, -0.05) is 12.1 Å². The minimum Gasteiger partial charge on any atom is -0.507 e. The van der Waals surface area contributed by atoms with Gasteiger partial charge in [0.25, 0.3) is 11.7 Å². The molecule has 2 aromatic carbocycles. The second-order valence-corrected chi connectivity index (χ2v) is 7.97. The van der Waals surface area contributed by atoms with Gasteiger partial charge >= 0.3 is 0 Å². The number of ether oxygens (including phenoxy) is 2. The summed E-state index contributed by atoms with van der Waals surface area (Å²) in [7, 11) is 1.56. The molecule has 1 atom stereocenters. The molecular formula is C26H25NO6. The number of rotatable bonds is 7. The van der Waals surface area contributed by atoms with Crippen molar-refractivity contribution < 1.29 is 28.6 Å². The lowest BCUT2D eigenvalue weighted by Crippen LogP contribution is -2.29. The zero-order valence-corrected chi connectivity index (χ0v) is 18.6. The number of amides is 1. The van der Waals surface area contributed by atoms with Crippen LogP contribution in [0.5, 0.6) is 11.5 Å². The van der Waals surface area contributed by atoms with Crippen LogP contribution in [0.15, 0.2) is 76.9 Å². The van der Waals surface area contributed by atoms with Crippen LogP contribution in [-0.4, -0.2) is 34.9 Å². The second kappa shape index (κ2) is 9.24. The van der Waals surface area contributed by atoms with Gasteiger partial charge in [-0.05, 0) is 67.9 Å². The van der Waals surface area contributed by atoms with E-state index in [1.165, 1.54) is 11.2 Å².